The average molecular weight is 169 g/mol. The second kappa shape index (κ2) is 3.04. The van der Waals surface area contributed by atoms with Crippen molar-refractivity contribution in [3.63, 3.8) is 0 Å². The predicted molar refractivity (Wildman–Crippen MR) is 39.9 cm³/mol. The molecule has 1 rings (SSSR count). The van der Waals surface area contributed by atoms with Crippen molar-refractivity contribution in [3.05, 3.63) is 22.1 Å². The maximum absolute atomic E-state index is 10.9. The van der Waals surface area contributed by atoms with E-state index in [1.807, 2.05) is 5.10 Å². The van der Waals surface area contributed by atoms with Gasteiger partial charge in [0.2, 0.25) is 0 Å². The van der Waals surface area contributed by atoms with Crippen molar-refractivity contribution in [1.29, 1.82) is 0 Å². The van der Waals surface area contributed by atoms with Crippen molar-refractivity contribution in [2.75, 3.05) is 7.05 Å². The lowest BCUT2D eigenvalue weighted by Crippen LogP contribution is -2.21. The summed E-state index contributed by atoms with van der Waals surface area (Å²) in [7, 11) is 1.40. The molecule has 3 N–H and O–H groups in total. The van der Waals surface area contributed by atoms with Gasteiger partial charge in [0.1, 0.15) is 0 Å². The number of aromatic amines is 1. The summed E-state index contributed by atoms with van der Waals surface area (Å²) in [5, 5.41) is 16.7. The maximum Gasteiger partial charge on any atom is 0.275 e. The van der Waals surface area contributed by atoms with Crippen LogP contribution in [0.25, 0.3) is 0 Å². The van der Waals surface area contributed by atoms with Gasteiger partial charge in [-0.3, -0.25) is 9.59 Å². The molecule has 1 aromatic rings. The minimum absolute atomic E-state index is 0.197. The number of nitrogens with one attached hydrogen (secondary N) is 2. The molecule has 0 saturated heterocycles. The van der Waals surface area contributed by atoms with Gasteiger partial charge in [-0.15, -0.1) is 0 Å². The van der Waals surface area contributed by atoms with E-state index in [0.29, 0.717) is 0 Å². The predicted octanol–water partition coefficient (Wildman–Crippen LogP) is -1.16. The van der Waals surface area contributed by atoms with Crippen LogP contribution in [-0.4, -0.2) is 28.3 Å². The molecular weight excluding hydrogens is 162 g/mol. The molecular formula is C6H7N3O3. The molecule has 64 valence electrons. The number of carbonyl (C=O) groups is 1. The minimum Gasteiger partial charge on any atom is -0.505 e. The van der Waals surface area contributed by atoms with Gasteiger partial charge in [0.15, 0.2) is 11.4 Å². The summed E-state index contributed by atoms with van der Waals surface area (Å²) in [6.45, 7) is 0. The fraction of sp³-hybridized carbons (Fsp3) is 0.167. The maximum atomic E-state index is 10.9. The highest BCUT2D eigenvalue weighted by atomic mass is 16.3. The summed E-state index contributed by atoms with van der Waals surface area (Å²) in [5.74, 6) is -0.984. The molecule has 0 aliphatic rings. The monoisotopic (exact) mass is 169 g/mol. The van der Waals surface area contributed by atoms with Crippen LogP contribution >= 0.6 is 0 Å². The lowest BCUT2D eigenvalue weighted by molar-refractivity contribution is 0.0954. The summed E-state index contributed by atoms with van der Waals surface area (Å²) in [6.07, 6.45) is 0. The van der Waals surface area contributed by atoms with Crippen molar-refractivity contribution in [3.8, 4) is 5.75 Å². The summed E-state index contributed by atoms with van der Waals surface area (Å²) in [4.78, 5) is 21.4. The topological polar surface area (TPSA) is 95.1 Å². The fourth-order valence-electron chi connectivity index (χ4n) is 0.679. The van der Waals surface area contributed by atoms with Crippen molar-refractivity contribution in [1.82, 2.24) is 15.5 Å². The van der Waals surface area contributed by atoms with E-state index in [4.69, 9.17) is 5.11 Å². The third kappa shape index (κ3) is 1.42. The highest BCUT2D eigenvalue weighted by Gasteiger charge is 2.10. The molecule has 6 nitrogen and oxygen atoms in total. The number of H-pyrrole nitrogens is 1. The molecule has 0 radical (unpaired) electrons. The number of hydrogen-bond acceptors (Lipinski definition) is 4. The number of aromatic nitrogens is 2. The van der Waals surface area contributed by atoms with Crippen LogP contribution in [0.15, 0.2) is 10.9 Å². The Bertz CT molecular complexity index is 357. The Morgan fingerprint density at radius 1 is 1.75 bits per heavy atom. The first-order chi connectivity index (χ1) is 5.65. The first-order valence-corrected chi connectivity index (χ1v) is 3.16. The number of carbonyl (C=O) groups excluding carboxylic acids is 1. The van der Waals surface area contributed by atoms with Crippen LogP contribution in [-0.2, 0) is 0 Å². The van der Waals surface area contributed by atoms with Gasteiger partial charge in [-0.2, -0.15) is 5.10 Å². The Balaban J connectivity index is 3.18. The molecule has 6 heteroatoms. The van der Waals surface area contributed by atoms with E-state index >= 15 is 0 Å². The molecule has 0 unspecified atom stereocenters. The lowest BCUT2D eigenvalue weighted by Gasteiger charge is -1.98. The van der Waals surface area contributed by atoms with Gasteiger partial charge in [-0.25, -0.2) is 5.10 Å². The Labute approximate surface area is 67.2 Å². The Hall–Kier alpha value is -1.85. The molecule has 0 fully saturated rings. The lowest BCUT2D eigenvalue weighted by atomic mass is 10.3. The molecule has 0 spiro atoms. The van der Waals surface area contributed by atoms with E-state index in [0.717, 1.165) is 6.07 Å². The van der Waals surface area contributed by atoms with Gasteiger partial charge in [0, 0.05) is 13.1 Å². The molecule has 1 aromatic heterocycles. The first-order valence-electron chi connectivity index (χ1n) is 3.16. The molecule has 0 bridgehead atoms. The van der Waals surface area contributed by atoms with E-state index in [1.165, 1.54) is 7.05 Å². The van der Waals surface area contributed by atoms with Gasteiger partial charge >= 0.3 is 0 Å². The molecule has 0 aliphatic heterocycles. The molecule has 1 heterocycles. The van der Waals surface area contributed by atoms with Gasteiger partial charge in [-0.05, 0) is 0 Å². The molecule has 0 atom stereocenters. The average Bonchev–Trinajstić information content (AvgIpc) is 2.03. The summed E-state index contributed by atoms with van der Waals surface area (Å²) in [5.41, 5.74) is -0.753. The van der Waals surface area contributed by atoms with Gasteiger partial charge in [0.05, 0.1) is 0 Å². The van der Waals surface area contributed by atoms with E-state index in [1.54, 1.807) is 0 Å². The zero-order valence-corrected chi connectivity index (χ0v) is 6.29. The number of rotatable bonds is 1. The van der Waals surface area contributed by atoms with Crippen LogP contribution in [0.1, 0.15) is 10.5 Å². The largest absolute Gasteiger partial charge is 0.505 e. The highest BCUT2D eigenvalue weighted by molar-refractivity contribution is 5.94. The Morgan fingerprint density at radius 3 is 2.92 bits per heavy atom. The molecule has 0 aliphatic carbocycles. The van der Waals surface area contributed by atoms with Crippen LogP contribution in [0.4, 0.5) is 0 Å². The van der Waals surface area contributed by atoms with Crippen LogP contribution in [0.2, 0.25) is 0 Å². The van der Waals surface area contributed by atoms with E-state index in [2.05, 4.69) is 10.4 Å². The molecule has 1 amide bonds. The van der Waals surface area contributed by atoms with Gasteiger partial charge in [0.25, 0.3) is 11.5 Å². The first kappa shape index (κ1) is 8.25. The van der Waals surface area contributed by atoms with E-state index < -0.39 is 17.2 Å². The van der Waals surface area contributed by atoms with E-state index in [-0.39, 0.29) is 5.69 Å². The van der Waals surface area contributed by atoms with Crippen LogP contribution in [0, 0.1) is 0 Å². The number of nitrogens with zero attached hydrogens (tertiary/aromatic N) is 1. The van der Waals surface area contributed by atoms with Crippen molar-refractivity contribution >= 4 is 5.91 Å². The standard InChI is InChI=1S/C6H7N3O3/c1-7-6(12)5-3(10)2-4(11)8-9-5/h2H,1H3,(H,7,12)(H2,8,10,11). The number of amides is 1. The summed E-state index contributed by atoms with van der Waals surface area (Å²) in [6, 6.07) is 0.886. The van der Waals surface area contributed by atoms with Crippen LogP contribution in [0.5, 0.6) is 5.75 Å². The van der Waals surface area contributed by atoms with Crippen LogP contribution in [0.3, 0.4) is 0 Å². The zero-order chi connectivity index (χ0) is 9.14. The van der Waals surface area contributed by atoms with Gasteiger partial charge < -0.3 is 10.4 Å². The minimum atomic E-state index is -0.555. The molecule has 12 heavy (non-hydrogen) atoms. The molecule has 0 aromatic carbocycles. The number of aromatic hydroxyl groups is 1. The normalized spacial score (nSPS) is 9.42. The third-order valence-electron chi connectivity index (χ3n) is 1.23. The molecule has 0 saturated carbocycles. The second-order valence-electron chi connectivity index (χ2n) is 2.05. The SMILES string of the molecule is CNC(=O)c1n[nH]c(=O)cc1O. The Kier molecular flexibility index (Phi) is 2.09. The van der Waals surface area contributed by atoms with Crippen molar-refractivity contribution in [2.45, 2.75) is 0 Å². The van der Waals surface area contributed by atoms with Crippen LogP contribution < -0.4 is 10.9 Å². The summed E-state index contributed by atoms with van der Waals surface area (Å²) < 4.78 is 0. The summed E-state index contributed by atoms with van der Waals surface area (Å²) >= 11 is 0. The smallest absolute Gasteiger partial charge is 0.275 e. The second-order valence-corrected chi connectivity index (χ2v) is 2.05. The Morgan fingerprint density at radius 2 is 2.42 bits per heavy atom. The fourth-order valence-corrected chi connectivity index (χ4v) is 0.679. The van der Waals surface area contributed by atoms with Gasteiger partial charge in [-0.1, -0.05) is 0 Å². The third-order valence-corrected chi connectivity index (χ3v) is 1.23. The van der Waals surface area contributed by atoms with Crippen molar-refractivity contribution in [2.24, 2.45) is 0 Å². The zero-order valence-electron chi connectivity index (χ0n) is 6.29. The quantitative estimate of drug-likeness (QED) is 0.494. The highest BCUT2D eigenvalue weighted by Crippen LogP contribution is 2.07. The van der Waals surface area contributed by atoms with E-state index in [9.17, 15) is 9.59 Å². The number of hydrogen-bond donors (Lipinski definition) is 3. The van der Waals surface area contributed by atoms with Crippen molar-refractivity contribution < 1.29 is 9.90 Å².